The minimum Gasteiger partial charge on any atom is -0.490 e. The maximum Gasteiger partial charge on any atom is 0.293 e. The molecule has 0 N–H and O–H groups in total. The highest BCUT2D eigenvalue weighted by Gasteiger charge is 2.37. The first kappa shape index (κ1) is 22.0. The average molecular weight is 426 g/mol. The molecule has 1 atom stereocenters. The topological polar surface area (TPSA) is 55.8 Å². The molecule has 5 nitrogen and oxygen atoms in total. The lowest BCUT2D eigenvalue weighted by Crippen LogP contribution is -2.36. The van der Waals surface area contributed by atoms with Gasteiger partial charge in [0.05, 0.1) is 11.5 Å². The molecule has 0 aliphatic carbocycles. The number of rotatable bonds is 8. The standard InChI is InChI=1S/C24H27NO4S/c1-5-17(4)25-23(26)22(30-24(25)27)14-18-10-11-20(21(13-18)28-6-2)29-15-19-9-7-8-16(3)12-19/h7-14,17H,5-6,15H2,1-4H3/b22-14+/t17-/m1/s1. The normalized spacial score (nSPS) is 16.3. The average Bonchev–Trinajstić information content (AvgIpc) is 3.00. The fraction of sp³-hybridized carbons (Fsp3) is 0.333. The zero-order valence-electron chi connectivity index (χ0n) is 17.8. The first-order valence-corrected chi connectivity index (χ1v) is 11.0. The molecule has 2 aromatic rings. The number of carbonyl (C=O) groups is 2. The molecule has 1 heterocycles. The van der Waals surface area contributed by atoms with Crippen molar-refractivity contribution in [3.63, 3.8) is 0 Å². The molecule has 2 amide bonds. The van der Waals surface area contributed by atoms with Crippen molar-refractivity contribution in [2.75, 3.05) is 6.61 Å². The Morgan fingerprint density at radius 3 is 2.57 bits per heavy atom. The van der Waals surface area contributed by atoms with Gasteiger partial charge in [-0.25, -0.2) is 0 Å². The minimum absolute atomic E-state index is 0.111. The van der Waals surface area contributed by atoms with Crippen molar-refractivity contribution in [1.29, 1.82) is 0 Å². The Morgan fingerprint density at radius 1 is 1.07 bits per heavy atom. The molecule has 0 saturated carbocycles. The van der Waals surface area contributed by atoms with Crippen LogP contribution in [-0.4, -0.2) is 28.7 Å². The summed E-state index contributed by atoms with van der Waals surface area (Å²) in [6.45, 7) is 8.74. The molecule has 6 heteroatoms. The van der Waals surface area contributed by atoms with Gasteiger partial charge in [-0.1, -0.05) is 42.8 Å². The van der Waals surface area contributed by atoms with Crippen LogP contribution in [0.5, 0.6) is 11.5 Å². The Hall–Kier alpha value is -2.73. The lowest BCUT2D eigenvalue weighted by atomic mass is 10.1. The van der Waals surface area contributed by atoms with Gasteiger partial charge in [-0.2, -0.15) is 0 Å². The highest BCUT2D eigenvalue weighted by atomic mass is 32.2. The van der Waals surface area contributed by atoms with Crippen molar-refractivity contribution in [1.82, 2.24) is 4.90 Å². The van der Waals surface area contributed by atoms with Crippen molar-refractivity contribution in [2.45, 2.75) is 46.8 Å². The fourth-order valence-corrected chi connectivity index (χ4v) is 4.09. The molecule has 0 bridgehead atoms. The van der Waals surface area contributed by atoms with Crippen LogP contribution in [0.15, 0.2) is 47.4 Å². The molecule has 0 aromatic heterocycles. The summed E-state index contributed by atoms with van der Waals surface area (Å²) in [5.74, 6) is 1.01. The third kappa shape index (κ3) is 5.05. The van der Waals surface area contributed by atoms with Crippen molar-refractivity contribution in [3.05, 3.63) is 64.1 Å². The SMILES string of the molecule is CCOc1cc(/C=C2/SC(=O)N([C@H](C)CC)C2=O)ccc1OCc1cccc(C)c1. The third-order valence-electron chi connectivity index (χ3n) is 4.90. The lowest BCUT2D eigenvalue weighted by Gasteiger charge is -2.19. The molecular weight excluding hydrogens is 398 g/mol. The zero-order valence-corrected chi connectivity index (χ0v) is 18.6. The van der Waals surface area contributed by atoms with Gasteiger partial charge in [-0.3, -0.25) is 14.5 Å². The second-order valence-electron chi connectivity index (χ2n) is 7.23. The minimum atomic E-state index is -0.239. The second kappa shape index (κ2) is 9.85. The number of thioether (sulfide) groups is 1. The van der Waals surface area contributed by atoms with E-state index >= 15 is 0 Å². The van der Waals surface area contributed by atoms with E-state index in [9.17, 15) is 9.59 Å². The van der Waals surface area contributed by atoms with Crippen LogP contribution in [0.2, 0.25) is 0 Å². The van der Waals surface area contributed by atoms with E-state index < -0.39 is 0 Å². The largest absolute Gasteiger partial charge is 0.490 e. The van der Waals surface area contributed by atoms with E-state index in [4.69, 9.17) is 9.47 Å². The number of imide groups is 1. The van der Waals surface area contributed by atoms with Gasteiger partial charge in [0.25, 0.3) is 11.1 Å². The number of nitrogens with zero attached hydrogens (tertiary/aromatic N) is 1. The lowest BCUT2D eigenvalue weighted by molar-refractivity contribution is -0.124. The molecule has 1 aliphatic heterocycles. The van der Waals surface area contributed by atoms with Gasteiger partial charge in [0.2, 0.25) is 0 Å². The first-order valence-electron chi connectivity index (χ1n) is 10.1. The first-order chi connectivity index (χ1) is 14.4. The summed E-state index contributed by atoms with van der Waals surface area (Å²) in [5, 5.41) is -0.219. The number of ether oxygens (including phenoxy) is 2. The number of aryl methyl sites for hydroxylation is 1. The molecule has 0 unspecified atom stereocenters. The van der Waals surface area contributed by atoms with Crippen LogP contribution in [0.3, 0.4) is 0 Å². The van der Waals surface area contributed by atoms with Crippen LogP contribution < -0.4 is 9.47 Å². The van der Waals surface area contributed by atoms with Gasteiger partial charge in [0, 0.05) is 6.04 Å². The Balaban J connectivity index is 1.80. The summed E-state index contributed by atoms with van der Waals surface area (Å²) in [6, 6.07) is 13.6. The van der Waals surface area contributed by atoms with E-state index in [0.29, 0.717) is 29.6 Å². The number of amides is 2. The Morgan fingerprint density at radius 2 is 1.87 bits per heavy atom. The van der Waals surface area contributed by atoms with Crippen LogP contribution in [-0.2, 0) is 11.4 Å². The third-order valence-corrected chi connectivity index (χ3v) is 5.78. The molecule has 0 spiro atoms. The summed E-state index contributed by atoms with van der Waals surface area (Å²) in [6.07, 6.45) is 2.47. The highest BCUT2D eigenvalue weighted by Crippen LogP contribution is 2.36. The quantitative estimate of drug-likeness (QED) is 0.500. The molecule has 1 aliphatic rings. The Labute approximate surface area is 182 Å². The summed E-state index contributed by atoms with van der Waals surface area (Å²) in [5.41, 5.74) is 3.05. The zero-order chi connectivity index (χ0) is 21.7. The smallest absolute Gasteiger partial charge is 0.293 e. The van der Waals surface area contributed by atoms with E-state index in [-0.39, 0.29) is 17.2 Å². The van der Waals surface area contributed by atoms with Crippen molar-refractivity contribution in [2.24, 2.45) is 0 Å². The summed E-state index contributed by atoms with van der Waals surface area (Å²) in [4.78, 5) is 26.6. The van der Waals surface area contributed by atoms with Crippen LogP contribution in [0, 0.1) is 6.92 Å². The molecule has 2 aromatic carbocycles. The summed E-state index contributed by atoms with van der Waals surface area (Å²) >= 11 is 0.979. The van der Waals surface area contributed by atoms with Gasteiger partial charge >= 0.3 is 0 Å². The van der Waals surface area contributed by atoms with Crippen molar-refractivity contribution < 1.29 is 19.1 Å². The molecule has 1 fully saturated rings. The van der Waals surface area contributed by atoms with E-state index in [1.165, 1.54) is 10.5 Å². The van der Waals surface area contributed by atoms with Gasteiger partial charge < -0.3 is 9.47 Å². The van der Waals surface area contributed by atoms with E-state index in [2.05, 4.69) is 6.07 Å². The number of hydrogen-bond donors (Lipinski definition) is 0. The predicted octanol–water partition coefficient (Wildman–Crippen LogP) is 5.81. The number of hydrogen-bond acceptors (Lipinski definition) is 5. The van der Waals surface area contributed by atoms with Crippen molar-refractivity contribution in [3.8, 4) is 11.5 Å². The van der Waals surface area contributed by atoms with Crippen LogP contribution in [0.4, 0.5) is 4.79 Å². The van der Waals surface area contributed by atoms with Crippen LogP contribution in [0.25, 0.3) is 6.08 Å². The van der Waals surface area contributed by atoms with Crippen molar-refractivity contribution >= 4 is 29.0 Å². The fourth-order valence-electron chi connectivity index (χ4n) is 3.16. The molecule has 30 heavy (non-hydrogen) atoms. The number of benzene rings is 2. The number of carbonyl (C=O) groups excluding carboxylic acids is 2. The monoisotopic (exact) mass is 425 g/mol. The van der Waals surface area contributed by atoms with Gasteiger partial charge in [0.15, 0.2) is 11.5 Å². The van der Waals surface area contributed by atoms with Crippen LogP contribution >= 0.6 is 11.8 Å². The molecule has 1 saturated heterocycles. The highest BCUT2D eigenvalue weighted by molar-refractivity contribution is 8.18. The Kier molecular flexibility index (Phi) is 7.21. The maximum atomic E-state index is 12.6. The maximum absolute atomic E-state index is 12.6. The molecular formula is C24H27NO4S. The second-order valence-corrected chi connectivity index (χ2v) is 8.22. The van der Waals surface area contributed by atoms with Crippen LogP contribution in [0.1, 0.15) is 43.9 Å². The Bertz CT molecular complexity index is 969. The summed E-state index contributed by atoms with van der Waals surface area (Å²) in [7, 11) is 0. The molecule has 158 valence electrons. The van der Waals surface area contributed by atoms with E-state index in [0.717, 1.165) is 29.3 Å². The van der Waals surface area contributed by atoms with Gasteiger partial charge in [0.1, 0.15) is 6.61 Å². The van der Waals surface area contributed by atoms with Gasteiger partial charge in [-0.15, -0.1) is 0 Å². The molecule has 0 radical (unpaired) electrons. The predicted molar refractivity (Wildman–Crippen MR) is 121 cm³/mol. The summed E-state index contributed by atoms with van der Waals surface area (Å²) < 4.78 is 11.7. The van der Waals surface area contributed by atoms with E-state index in [1.807, 2.05) is 64.1 Å². The molecule has 3 rings (SSSR count). The van der Waals surface area contributed by atoms with E-state index in [1.54, 1.807) is 6.08 Å². The van der Waals surface area contributed by atoms with Gasteiger partial charge in [-0.05, 0) is 68.3 Å².